The Balaban J connectivity index is 2.91. The molecule has 1 rings (SSSR count). The van der Waals surface area contributed by atoms with Gasteiger partial charge >= 0.3 is 0 Å². The fourth-order valence-electron chi connectivity index (χ4n) is 1.55. The number of rotatable bonds is 4. The van der Waals surface area contributed by atoms with Crippen molar-refractivity contribution < 1.29 is 5.11 Å². The second-order valence-corrected chi connectivity index (χ2v) is 5.36. The highest BCUT2D eigenvalue weighted by Crippen LogP contribution is 2.29. The fraction of sp³-hybridized carbons (Fsp3) is 0.500. The molecule has 0 bridgehead atoms. The number of aliphatic hydroxyl groups excluding tert-OH is 1. The zero-order chi connectivity index (χ0) is 12.3. The van der Waals surface area contributed by atoms with Crippen LogP contribution in [0.1, 0.15) is 31.9 Å². The minimum Gasteiger partial charge on any atom is -0.391 e. The quantitative estimate of drug-likeness (QED) is 0.894. The van der Waals surface area contributed by atoms with Gasteiger partial charge in [0.25, 0.3) is 0 Å². The summed E-state index contributed by atoms with van der Waals surface area (Å²) < 4.78 is 0.842. The van der Waals surface area contributed by atoms with Crippen LogP contribution in [0.3, 0.4) is 0 Å². The maximum absolute atomic E-state index is 10.1. The lowest BCUT2D eigenvalue weighted by molar-refractivity contribution is 0.0878. The topological polar surface area (TPSA) is 46.2 Å². The molecular formula is C12H17BrClNO. The smallest absolute Gasteiger partial charge is 0.0758 e. The molecule has 1 unspecified atom stereocenters. The number of aliphatic hydroxyl groups is 1. The summed E-state index contributed by atoms with van der Waals surface area (Å²) in [5.41, 5.74) is 6.93. The average Bonchev–Trinajstić information content (AvgIpc) is 2.26. The molecule has 0 amide bonds. The number of halogens is 2. The van der Waals surface area contributed by atoms with Crippen LogP contribution in [-0.4, -0.2) is 11.2 Å². The van der Waals surface area contributed by atoms with Crippen molar-refractivity contribution in [1.29, 1.82) is 0 Å². The third-order valence-electron chi connectivity index (χ3n) is 2.92. The average molecular weight is 307 g/mol. The van der Waals surface area contributed by atoms with Crippen LogP contribution < -0.4 is 5.73 Å². The van der Waals surface area contributed by atoms with Gasteiger partial charge in [0, 0.05) is 9.50 Å². The van der Waals surface area contributed by atoms with Crippen LogP contribution in [0.15, 0.2) is 22.7 Å². The van der Waals surface area contributed by atoms with E-state index < -0.39 is 6.10 Å². The largest absolute Gasteiger partial charge is 0.391 e. The Kier molecular flexibility index (Phi) is 5.25. The van der Waals surface area contributed by atoms with E-state index in [4.69, 9.17) is 17.3 Å². The second kappa shape index (κ2) is 6.01. The summed E-state index contributed by atoms with van der Waals surface area (Å²) in [6.45, 7) is 4.03. The number of hydrogen-bond donors (Lipinski definition) is 2. The van der Waals surface area contributed by atoms with Gasteiger partial charge in [0.2, 0.25) is 0 Å². The first-order valence-electron chi connectivity index (χ1n) is 5.36. The van der Waals surface area contributed by atoms with E-state index in [1.807, 2.05) is 19.9 Å². The predicted molar refractivity (Wildman–Crippen MR) is 71.5 cm³/mol. The first-order valence-corrected chi connectivity index (χ1v) is 6.53. The van der Waals surface area contributed by atoms with E-state index in [1.165, 1.54) is 0 Å². The summed E-state index contributed by atoms with van der Waals surface area (Å²) in [6.07, 6.45) is 0.363. The molecule has 2 nitrogen and oxygen atoms in total. The van der Waals surface area contributed by atoms with Crippen molar-refractivity contribution in [3.05, 3.63) is 33.3 Å². The van der Waals surface area contributed by atoms with Gasteiger partial charge in [-0.05, 0) is 23.6 Å². The highest BCUT2D eigenvalue weighted by Gasteiger charge is 2.23. The maximum Gasteiger partial charge on any atom is 0.0758 e. The van der Waals surface area contributed by atoms with Crippen molar-refractivity contribution >= 4 is 27.5 Å². The Morgan fingerprint density at radius 3 is 2.62 bits per heavy atom. The molecule has 3 atom stereocenters. The minimum atomic E-state index is -0.539. The lowest BCUT2D eigenvalue weighted by atomic mass is 9.92. The molecule has 0 aliphatic rings. The van der Waals surface area contributed by atoms with E-state index >= 15 is 0 Å². The van der Waals surface area contributed by atoms with Crippen molar-refractivity contribution in [2.24, 2.45) is 11.7 Å². The van der Waals surface area contributed by atoms with Crippen molar-refractivity contribution in [1.82, 2.24) is 0 Å². The summed E-state index contributed by atoms with van der Waals surface area (Å²) in [5, 5.41) is 10.7. The number of nitrogens with two attached hydrogens (primary N) is 1. The zero-order valence-electron chi connectivity index (χ0n) is 9.45. The molecule has 0 aromatic heterocycles. The fourth-order valence-corrected chi connectivity index (χ4v) is 2.50. The molecule has 90 valence electrons. The van der Waals surface area contributed by atoms with Gasteiger partial charge in [0.05, 0.1) is 12.1 Å². The van der Waals surface area contributed by atoms with E-state index in [0.29, 0.717) is 5.02 Å². The van der Waals surface area contributed by atoms with Crippen LogP contribution in [0.2, 0.25) is 5.02 Å². The number of benzene rings is 1. The van der Waals surface area contributed by atoms with Gasteiger partial charge in [-0.3, -0.25) is 0 Å². The van der Waals surface area contributed by atoms with Gasteiger partial charge in [-0.15, -0.1) is 0 Å². The van der Waals surface area contributed by atoms with Crippen LogP contribution in [-0.2, 0) is 0 Å². The molecule has 0 saturated carbocycles. The first kappa shape index (κ1) is 14.0. The highest BCUT2D eigenvalue weighted by molar-refractivity contribution is 9.10. The summed E-state index contributed by atoms with van der Waals surface area (Å²) in [7, 11) is 0. The maximum atomic E-state index is 10.1. The Labute approximate surface area is 110 Å². The molecule has 0 fully saturated rings. The third kappa shape index (κ3) is 3.20. The molecule has 0 aliphatic carbocycles. The molecule has 0 radical (unpaired) electrons. The molecule has 16 heavy (non-hydrogen) atoms. The van der Waals surface area contributed by atoms with E-state index in [-0.39, 0.29) is 12.0 Å². The molecule has 0 aliphatic heterocycles. The van der Waals surface area contributed by atoms with Crippen molar-refractivity contribution in [2.45, 2.75) is 32.4 Å². The monoisotopic (exact) mass is 305 g/mol. The molecule has 0 saturated heterocycles. The summed E-state index contributed by atoms with van der Waals surface area (Å²) in [4.78, 5) is 0. The number of hydrogen-bond acceptors (Lipinski definition) is 2. The Bertz CT molecular complexity index is 359. The Hall–Kier alpha value is -0.0900. The van der Waals surface area contributed by atoms with Crippen LogP contribution in [0.5, 0.6) is 0 Å². The van der Waals surface area contributed by atoms with Crippen LogP contribution >= 0.6 is 27.5 Å². The Morgan fingerprint density at radius 1 is 1.50 bits per heavy atom. The highest BCUT2D eigenvalue weighted by atomic mass is 79.9. The van der Waals surface area contributed by atoms with Crippen LogP contribution in [0.4, 0.5) is 0 Å². The van der Waals surface area contributed by atoms with E-state index in [2.05, 4.69) is 15.9 Å². The van der Waals surface area contributed by atoms with Gasteiger partial charge in [-0.2, -0.15) is 0 Å². The lowest BCUT2D eigenvalue weighted by Gasteiger charge is -2.25. The van der Waals surface area contributed by atoms with Gasteiger partial charge in [-0.1, -0.05) is 53.9 Å². The van der Waals surface area contributed by atoms with Gasteiger partial charge in [-0.25, -0.2) is 0 Å². The van der Waals surface area contributed by atoms with Crippen molar-refractivity contribution in [3.63, 3.8) is 0 Å². The van der Waals surface area contributed by atoms with Crippen molar-refractivity contribution in [2.75, 3.05) is 0 Å². The molecule has 0 heterocycles. The summed E-state index contributed by atoms with van der Waals surface area (Å²) >= 11 is 9.27. The predicted octanol–water partition coefficient (Wildman–Crippen LogP) is 3.51. The molecule has 4 heteroatoms. The van der Waals surface area contributed by atoms with Crippen LogP contribution in [0, 0.1) is 5.92 Å². The molecule has 1 aromatic rings. The van der Waals surface area contributed by atoms with Gasteiger partial charge < -0.3 is 10.8 Å². The van der Waals surface area contributed by atoms with Crippen LogP contribution in [0.25, 0.3) is 0 Å². The molecule has 0 spiro atoms. The van der Waals surface area contributed by atoms with Gasteiger partial charge in [0.15, 0.2) is 0 Å². The summed E-state index contributed by atoms with van der Waals surface area (Å²) in [6, 6.07) is 5.04. The Morgan fingerprint density at radius 2 is 2.12 bits per heavy atom. The van der Waals surface area contributed by atoms with E-state index in [9.17, 15) is 5.11 Å². The third-order valence-corrected chi connectivity index (χ3v) is 3.84. The van der Waals surface area contributed by atoms with E-state index in [0.717, 1.165) is 16.5 Å². The molecule has 1 aromatic carbocycles. The van der Waals surface area contributed by atoms with E-state index in [1.54, 1.807) is 12.1 Å². The standard InChI is InChI=1S/C12H17BrClNO/c1-3-7(2)12(16)11(15)9-5-4-8(14)6-10(9)13/h4-7,11-12,16H,3,15H2,1-2H3/t7?,11-,12+/m1/s1. The molecular weight excluding hydrogens is 289 g/mol. The summed E-state index contributed by atoms with van der Waals surface area (Å²) in [5.74, 6) is 0.178. The normalized spacial score (nSPS) is 16.9. The van der Waals surface area contributed by atoms with Crippen molar-refractivity contribution in [3.8, 4) is 0 Å². The zero-order valence-corrected chi connectivity index (χ0v) is 11.8. The van der Waals surface area contributed by atoms with Gasteiger partial charge in [0.1, 0.15) is 0 Å². The minimum absolute atomic E-state index is 0.178. The SMILES string of the molecule is CCC(C)[C@H](O)[C@H](N)c1ccc(Cl)cc1Br. The lowest BCUT2D eigenvalue weighted by Crippen LogP contribution is -2.31. The molecule has 3 N–H and O–H groups in total. The first-order chi connectivity index (χ1) is 7.47. The second-order valence-electron chi connectivity index (χ2n) is 4.07.